The van der Waals surface area contributed by atoms with Crippen LogP contribution in [0, 0.1) is 11.8 Å². The van der Waals surface area contributed by atoms with E-state index in [-0.39, 0.29) is 16.1 Å². The number of rotatable bonds is 7. The third-order valence-corrected chi connectivity index (χ3v) is 7.34. The molecule has 160 valence electrons. The summed E-state index contributed by atoms with van der Waals surface area (Å²) in [6.45, 7) is 0.969. The first-order valence-electron chi connectivity index (χ1n) is 10.6. The average Bonchev–Trinajstić information content (AvgIpc) is 2.70. The predicted octanol–water partition coefficient (Wildman–Crippen LogP) is 4.76. The summed E-state index contributed by atoms with van der Waals surface area (Å²) in [6.07, 6.45) is 6.98. The lowest BCUT2D eigenvalue weighted by Crippen LogP contribution is -2.47. The van der Waals surface area contributed by atoms with Gasteiger partial charge in [0.1, 0.15) is 5.02 Å². The number of carbonyl (C=O) groups is 1. The van der Waals surface area contributed by atoms with Crippen molar-refractivity contribution in [2.75, 3.05) is 0 Å². The van der Waals surface area contributed by atoms with Crippen molar-refractivity contribution in [3.63, 3.8) is 0 Å². The number of hydrogen-bond acceptors (Lipinski definition) is 3. The molecule has 0 saturated heterocycles. The van der Waals surface area contributed by atoms with Crippen molar-refractivity contribution in [3.05, 3.63) is 67.6 Å². The zero-order valence-electron chi connectivity index (χ0n) is 16.7. The fourth-order valence-electron chi connectivity index (χ4n) is 4.89. The lowest BCUT2D eigenvalue weighted by molar-refractivity contribution is 0.0697. The molecule has 0 aliphatic heterocycles. The maximum Gasteiger partial charge on any atom is 0.335 e. The molecule has 5 nitrogen and oxygen atoms in total. The van der Waals surface area contributed by atoms with Crippen LogP contribution in [0.4, 0.5) is 0 Å². The van der Waals surface area contributed by atoms with Crippen LogP contribution in [0.2, 0.25) is 10.0 Å². The zero-order valence-corrected chi connectivity index (χ0v) is 18.3. The van der Waals surface area contributed by atoms with Gasteiger partial charge in [-0.05, 0) is 61.3 Å². The minimum atomic E-state index is -0.954. The van der Waals surface area contributed by atoms with Crippen molar-refractivity contribution in [1.82, 2.24) is 9.88 Å². The largest absolute Gasteiger partial charge is 0.478 e. The molecule has 1 aromatic carbocycles. The van der Waals surface area contributed by atoms with Gasteiger partial charge >= 0.3 is 5.97 Å². The molecule has 0 spiro atoms. The molecule has 2 fully saturated rings. The van der Waals surface area contributed by atoms with E-state index in [4.69, 9.17) is 28.3 Å². The Kier molecular flexibility index (Phi) is 6.51. The third kappa shape index (κ3) is 4.43. The Hall–Kier alpha value is -1.82. The van der Waals surface area contributed by atoms with Gasteiger partial charge in [-0.3, -0.25) is 4.79 Å². The summed E-state index contributed by atoms with van der Waals surface area (Å²) in [5.74, 6) is 0.648. The van der Waals surface area contributed by atoms with E-state index in [9.17, 15) is 9.59 Å². The highest BCUT2D eigenvalue weighted by atomic mass is 35.5. The van der Waals surface area contributed by atoms with Crippen molar-refractivity contribution in [2.45, 2.75) is 57.7 Å². The van der Waals surface area contributed by atoms with Gasteiger partial charge in [0.25, 0.3) is 5.56 Å². The standard InChI is InChI=1S/C23H26Cl2N2O3/c24-18-12-19(25)22(28)27(11-10-14-4-6-16(7-5-14)23(29)30)21(18)13-26-20-3-1-2-15-8-9-17(15)20/h4-7,12,15,17,20,26H,1-3,8-11,13H2,(H,29,30)/t15?,17-,20-/m1/s1. The summed E-state index contributed by atoms with van der Waals surface area (Å²) in [4.78, 5) is 23.8. The van der Waals surface area contributed by atoms with Gasteiger partial charge in [-0.15, -0.1) is 0 Å². The molecule has 1 aromatic heterocycles. The Balaban J connectivity index is 1.50. The Morgan fingerprint density at radius 2 is 1.87 bits per heavy atom. The SMILES string of the molecule is O=C(O)c1ccc(CCn2c(CN[C@@H]3CCCC4CC[C@H]43)c(Cl)cc(Cl)c2=O)cc1. The van der Waals surface area contributed by atoms with Crippen molar-refractivity contribution in [2.24, 2.45) is 11.8 Å². The first-order valence-corrected chi connectivity index (χ1v) is 11.3. The second kappa shape index (κ2) is 9.13. The molecule has 0 bridgehead atoms. The number of carboxylic acids is 1. The van der Waals surface area contributed by atoms with E-state index in [0.29, 0.717) is 30.6 Å². The summed E-state index contributed by atoms with van der Waals surface area (Å²) in [5.41, 5.74) is 1.71. The first kappa shape index (κ1) is 21.4. The predicted molar refractivity (Wildman–Crippen MR) is 119 cm³/mol. The van der Waals surface area contributed by atoms with Crippen molar-refractivity contribution in [1.29, 1.82) is 0 Å². The second-order valence-corrected chi connectivity index (χ2v) is 9.23. The third-order valence-electron chi connectivity index (χ3n) is 6.74. The minimum Gasteiger partial charge on any atom is -0.478 e. The average molecular weight is 449 g/mol. The van der Waals surface area contributed by atoms with Gasteiger partial charge in [-0.2, -0.15) is 0 Å². The Bertz CT molecular complexity index is 987. The van der Waals surface area contributed by atoms with E-state index in [1.165, 1.54) is 38.2 Å². The summed E-state index contributed by atoms with van der Waals surface area (Å²) in [6, 6.07) is 8.72. The van der Waals surface area contributed by atoms with E-state index in [1.54, 1.807) is 28.8 Å². The van der Waals surface area contributed by atoms with E-state index in [2.05, 4.69) is 5.32 Å². The lowest BCUT2D eigenvalue weighted by atomic mass is 9.63. The summed E-state index contributed by atoms with van der Waals surface area (Å²) >= 11 is 12.6. The molecule has 3 atom stereocenters. The van der Waals surface area contributed by atoms with Crippen molar-refractivity contribution in [3.8, 4) is 0 Å². The highest BCUT2D eigenvalue weighted by Gasteiger charge is 2.39. The molecule has 2 N–H and O–H groups in total. The van der Waals surface area contributed by atoms with Gasteiger partial charge in [0.2, 0.25) is 0 Å². The zero-order chi connectivity index (χ0) is 21.3. The number of hydrogen-bond donors (Lipinski definition) is 2. The molecule has 0 radical (unpaired) electrons. The van der Waals surface area contributed by atoms with Crippen LogP contribution >= 0.6 is 23.2 Å². The smallest absolute Gasteiger partial charge is 0.335 e. The van der Waals surface area contributed by atoms with Crippen molar-refractivity contribution >= 4 is 29.2 Å². The number of carboxylic acid groups (broad SMARTS) is 1. The Morgan fingerprint density at radius 1 is 1.10 bits per heavy atom. The number of aryl methyl sites for hydroxylation is 1. The lowest BCUT2D eigenvalue weighted by Gasteiger charge is -2.46. The van der Waals surface area contributed by atoms with E-state index in [0.717, 1.165) is 23.1 Å². The number of fused-ring (bicyclic) bond motifs is 1. The molecule has 1 unspecified atom stereocenters. The number of nitrogens with one attached hydrogen (secondary N) is 1. The van der Waals surface area contributed by atoms with Crippen LogP contribution in [0.5, 0.6) is 0 Å². The molecule has 2 aliphatic rings. The maximum absolute atomic E-state index is 12.8. The van der Waals surface area contributed by atoms with Gasteiger partial charge in [-0.25, -0.2) is 4.79 Å². The van der Waals surface area contributed by atoms with Crippen LogP contribution in [-0.4, -0.2) is 21.7 Å². The molecule has 0 amide bonds. The summed E-state index contributed by atoms with van der Waals surface area (Å²) in [5, 5.41) is 13.3. The Labute approximate surface area is 186 Å². The number of nitrogens with zero attached hydrogens (tertiary/aromatic N) is 1. The van der Waals surface area contributed by atoms with Crippen LogP contribution < -0.4 is 10.9 Å². The van der Waals surface area contributed by atoms with E-state index in [1.807, 2.05) is 0 Å². The summed E-state index contributed by atoms with van der Waals surface area (Å²) in [7, 11) is 0. The number of benzene rings is 1. The molecule has 2 saturated carbocycles. The molecular formula is C23H26Cl2N2O3. The fourth-order valence-corrected chi connectivity index (χ4v) is 5.43. The van der Waals surface area contributed by atoms with Gasteiger partial charge in [-0.1, -0.05) is 48.2 Å². The molecule has 7 heteroatoms. The van der Waals surface area contributed by atoms with Gasteiger partial charge in [0.15, 0.2) is 0 Å². The number of aromatic carboxylic acids is 1. The number of aromatic nitrogens is 1. The minimum absolute atomic E-state index is 0.113. The molecule has 4 rings (SSSR count). The van der Waals surface area contributed by atoms with E-state index >= 15 is 0 Å². The fraction of sp³-hybridized carbons (Fsp3) is 0.478. The quantitative estimate of drug-likeness (QED) is 0.639. The van der Waals surface area contributed by atoms with Crippen LogP contribution in [0.3, 0.4) is 0 Å². The maximum atomic E-state index is 12.8. The van der Waals surface area contributed by atoms with Gasteiger partial charge in [0.05, 0.1) is 16.3 Å². The Morgan fingerprint density at radius 3 is 2.53 bits per heavy atom. The second-order valence-electron chi connectivity index (χ2n) is 8.42. The molecule has 1 heterocycles. The molecule has 30 heavy (non-hydrogen) atoms. The van der Waals surface area contributed by atoms with Gasteiger partial charge in [0, 0.05) is 19.1 Å². The molecular weight excluding hydrogens is 423 g/mol. The molecule has 2 aromatic rings. The van der Waals surface area contributed by atoms with Crippen LogP contribution in [0.15, 0.2) is 35.1 Å². The highest BCUT2D eigenvalue weighted by Crippen LogP contribution is 2.45. The monoisotopic (exact) mass is 448 g/mol. The number of halogens is 2. The summed E-state index contributed by atoms with van der Waals surface area (Å²) < 4.78 is 1.66. The van der Waals surface area contributed by atoms with Crippen LogP contribution in [0.25, 0.3) is 0 Å². The van der Waals surface area contributed by atoms with Gasteiger partial charge < -0.3 is 15.0 Å². The van der Waals surface area contributed by atoms with Crippen LogP contribution in [-0.2, 0) is 19.5 Å². The highest BCUT2D eigenvalue weighted by molar-refractivity contribution is 6.34. The normalized spacial score (nSPS) is 22.9. The topological polar surface area (TPSA) is 71.3 Å². The van der Waals surface area contributed by atoms with Crippen LogP contribution in [0.1, 0.15) is 53.7 Å². The number of pyridine rings is 1. The van der Waals surface area contributed by atoms with Crippen molar-refractivity contribution < 1.29 is 9.90 Å². The first-order chi connectivity index (χ1) is 14.4. The van der Waals surface area contributed by atoms with E-state index < -0.39 is 5.97 Å². The molecule has 2 aliphatic carbocycles.